The fourth-order valence-electron chi connectivity index (χ4n) is 3.08. The minimum absolute atomic E-state index is 0.0799. The number of H-pyrrole nitrogens is 1. The van der Waals surface area contributed by atoms with E-state index in [9.17, 15) is 4.79 Å². The Labute approximate surface area is 166 Å². The number of thiophene rings is 1. The Morgan fingerprint density at radius 1 is 1.14 bits per heavy atom. The lowest BCUT2D eigenvalue weighted by atomic mass is 10.1. The summed E-state index contributed by atoms with van der Waals surface area (Å²) in [6, 6.07) is 12.2. The summed E-state index contributed by atoms with van der Waals surface area (Å²) >= 11 is 1.35. The maximum absolute atomic E-state index is 12.3. The Morgan fingerprint density at radius 3 is 2.68 bits per heavy atom. The van der Waals surface area contributed by atoms with E-state index in [1.807, 2.05) is 6.07 Å². The molecule has 0 aliphatic carbocycles. The molecule has 1 aliphatic heterocycles. The molecule has 8 nitrogen and oxygen atoms in total. The molecular weight excluding hydrogens is 376 g/mol. The van der Waals surface area contributed by atoms with Crippen LogP contribution >= 0.6 is 11.3 Å². The van der Waals surface area contributed by atoms with E-state index >= 15 is 0 Å². The highest BCUT2D eigenvalue weighted by atomic mass is 32.1. The first-order valence-corrected chi connectivity index (χ1v) is 10.1. The van der Waals surface area contributed by atoms with E-state index < -0.39 is 0 Å². The maximum Gasteiger partial charge on any atom is 0.261 e. The number of nitrogens with zero attached hydrogens (tertiary/aromatic N) is 4. The number of nitrogens with one attached hydrogen (secondary N) is 2. The van der Waals surface area contributed by atoms with Crippen molar-refractivity contribution in [2.75, 3.05) is 32.8 Å². The topological polar surface area (TPSA) is 96.0 Å². The second-order valence-electron chi connectivity index (χ2n) is 6.61. The number of ether oxygens (including phenoxy) is 1. The molecule has 4 rings (SSSR count). The first-order valence-electron chi connectivity index (χ1n) is 9.28. The third kappa shape index (κ3) is 4.80. The van der Waals surface area contributed by atoms with Crippen LogP contribution in [0.3, 0.4) is 0 Å². The Balaban J connectivity index is 1.24. The van der Waals surface area contributed by atoms with Gasteiger partial charge < -0.3 is 10.1 Å². The van der Waals surface area contributed by atoms with E-state index in [0.717, 1.165) is 44.1 Å². The normalized spacial score (nSPS) is 14.9. The van der Waals surface area contributed by atoms with Crippen molar-refractivity contribution in [1.82, 2.24) is 30.8 Å². The van der Waals surface area contributed by atoms with Crippen LogP contribution in [0.4, 0.5) is 0 Å². The number of aromatic nitrogens is 4. The van der Waals surface area contributed by atoms with Gasteiger partial charge in [-0.25, -0.2) is 0 Å². The summed E-state index contributed by atoms with van der Waals surface area (Å²) in [5, 5.41) is 16.8. The average Bonchev–Trinajstić information content (AvgIpc) is 3.42. The zero-order valence-electron chi connectivity index (χ0n) is 15.4. The molecular formula is C19H22N6O2S. The van der Waals surface area contributed by atoms with Crippen molar-refractivity contribution in [3.8, 4) is 10.7 Å². The molecule has 2 aromatic heterocycles. The van der Waals surface area contributed by atoms with Crippen molar-refractivity contribution in [1.29, 1.82) is 0 Å². The average molecular weight is 398 g/mol. The van der Waals surface area contributed by atoms with Crippen molar-refractivity contribution < 1.29 is 9.53 Å². The Morgan fingerprint density at radius 2 is 1.93 bits per heavy atom. The molecule has 1 aliphatic rings. The van der Waals surface area contributed by atoms with E-state index in [1.165, 1.54) is 22.5 Å². The molecule has 146 valence electrons. The van der Waals surface area contributed by atoms with Crippen LogP contribution < -0.4 is 5.32 Å². The monoisotopic (exact) mass is 398 g/mol. The number of hydrogen-bond acceptors (Lipinski definition) is 7. The van der Waals surface area contributed by atoms with E-state index in [0.29, 0.717) is 17.2 Å². The van der Waals surface area contributed by atoms with E-state index in [1.54, 1.807) is 6.07 Å². The van der Waals surface area contributed by atoms with Crippen LogP contribution in [0.2, 0.25) is 0 Å². The number of morpholine rings is 1. The van der Waals surface area contributed by atoms with Crippen LogP contribution in [-0.4, -0.2) is 64.3 Å². The summed E-state index contributed by atoms with van der Waals surface area (Å²) in [5.74, 6) is 0.421. The van der Waals surface area contributed by atoms with Crippen LogP contribution in [0.25, 0.3) is 10.7 Å². The van der Waals surface area contributed by atoms with Crippen molar-refractivity contribution in [2.24, 2.45) is 0 Å². The van der Waals surface area contributed by atoms with Crippen molar-refractivity contribution >= 4 is 17.2 Å². The fraction of sp³-hybridized carbons (Fsp3) is 0.368. The minimum atomic E-state index is -0.0799. The third-order valence-electron chi connectivity index (χ3n) is 4.63. The lowest BCUT2D eigenvalue weighted by Gasteiger charge is -2.26. The number of hydrogen-bond donors (Lipinski definition) is 2. The SMILES string of the molecule is O=C(NCCc1ccc(CN2CCOCC2)cc1)c1ccc(-c2nn[nH]n2)s1. The summed E-state index contributed by atoms with van der Waals surface area (Å²) in [5.41, 5.74) is 2.52. The molecule has 9 heteroatoms. The molecule has 0 radical (unpaired) electrons. The van der Waals surface area contributed by atoms with Gasteiger partial charge in [0.1, 0.15) is 0 Å². The van der Waals surface area contributed by atoms with Gasteiger partial charge in [-0.15, -0.1) is 21.5 Å². The minimum Gasteiger partial charge on any atom is -0.379 e. The zero-order valence-corrected chi connectivity index (χ0v) is 16.2. The number of carbonyl (C=O) groups excluding carboxylic acids is 1. The van der Waals surface area contributed by atoms with Crippen LogP contribution in [-0.2, 0) is 17.7 Å². The number of amides is 1. The highest BCUT2D eigenvalue weighted by Crippen LogP contribution is 2.24. The second kappa shape index (κ2) is 9.05. The second-order valence-corrected chi connectivity index (χ2v) is 7.69. The van der Waals surface area contributed by atoms with Gasteiger partial charge in [-0.3, -0.25) is 9.69 Å². The number of tetrazole rings is 1. The first kappa shape index (κ1) is 18.7. The molecule has 0 unspecified atom stereocenters. The maximum atomic E-state index is 12.3. The lowest BCUT2D eigenvalue weighted by Crippen LogP contribution is -2.35. The van der Waals surface area contributed by atoms with E-state index in [-0.39, 0.29) is 5.91 Å². The van der Waals surface area contributed by atoms with Gasteiger partial charge >= 0.3 is 0 Å². The van der Waals surface area contributed by atoms with Crippen molar-refractivity contribution in [2.45, 2.75) is 13.0 Å². The molecule has 1 aromatic carbocycles. The van der Waals surface area contributed by atoms with Crippen molar-refractivity contribution in [3.63, 3.8) is 0 Å². The van der Waals surface area contributed by atoms with Gasteiger partial charge in [-0.05, 0) is 34.9 Å². The van der Waals surface area contributed by atoms with Crippen LogP contribution in [0, 0.1) is 0 Å². The molecule has 1 fully saturated rings. The quantitative estimate of drug-likeness (QED) is 0.629. The molecule has 0 atom stereocenters. The van der Waals surface area contributed by atoms with Gasteiger partial charge in [-0.2, -0.15) is 5.21 Å². The van der Waals surface area contributed by atoms with Gasteiger partial charge in [-0.1, -0.05) is 24.3 Å². The van der Waals surface area contributed by atoms with Crippen molar-refractivity contribution in [3.05, 3.63) is 52.4 Å². The number of carbonyl (C=O) groups is 1. The van der Waals surface area contributed by atoms with Gasteiger partial charge in [0, 0.05) is 26.2 Å². The number of benzene rings is 1. The molecule has 3 aromatic rings. The molecule has 1 saturated heterocycles. The standard InChI is InChI=1S/C19H22N6O2S/c26-19(17-6-5-16(28-17)18-21-23-24-22-18)20-8-7-14-1-3-15(4-2-14)13-25-9-11-27-12-10-25/h1-6H,7-13H2,(H,20,26)(H,21,22,23,24). The predicted octanol–water partition coefficient (Wildman–Crippen LogP) is 1.73. The Bertz CT molecular complexity index is 888. The summed E-state index contributed by atoms with van der Waals surface area (Å²) in [6.07, 6.45) is 0.798. The Kier molecular flexibility index (Phi) is 6.05. The van der Waals surface area contributed by atoms with Gasteiger partial charge in [0.15, 0.2) is 0 Å². The van der Waals surface area contributed by atoms with Gasteiger partial charge in [0.05, 0.1) is 23.0 Å². The molecule has 28 heavy (non-hydrogen) atoms. The smallest absolute Gasteiger partial charge is 0.261 e. The summed E-state index contributed by atoms with van der Waals surface area (Å²) in [4.78, 5) is 16.2. The van der Waals surface area contributed by atoms with E-state index in [4.69, 9.17) is 4.74 Å². The number of rotatable bonds is 7. The zero-order chi connectivity index (χ0) is 19.2. The molecule has 0 spiro atoms. The van der Waals surface area contributed by atoms with E-state index in [2.05, 4.69) is 55.1 Å². The first-order chi connectivity index (χ1) is 13.8. The highest BCUT2D eigenvalue weighted by molar-refractivity contribution is 7.17. The third-order valence-corrected chi connectivity index (χ3v) is 5.71. The molecule has 2 N–H and O–H groups in total. The van der Waals surface area contributed by atoms with Crippen LogP contribution in [0.5, 0.6) is 0 Å². The van der Waals surface area contributed by atoms with Gasteiger partial charge in [0.25, 0.3) is 5.91 Å². The highest BCUT2D eigenvalue weighted by Gasteiger charge is 2.13. The molecule has 3 heterocycles. The largest absolute Gasteiger partial charge is 0.379 e. The summed E-state index contributed by atoms with van der Waals surface area (Å²) < 4.78 is 5.39. The molecule has 1 amide bonds. The predicted molar refractivity (Wildman–Crippen MR) is 106 cm³/mol. The summed E-state index contributed by atoms with van der Waals surface area (Å²) in [7, 11) is 0. The van der Waals surface area contributed by atoms with Crippen LogP contribution in [0.15, 0.2) is 36.4 Å². The number of aromatic amines is 1. The van der Waals surface area contributed by atoms with Crippen LogP contribution in [0.1, 0.15) is 20.8 Å². The fourth-order valence-corrected chi connectivity index (χ4v) is 3.93. The molecule has 0 bridgehead atoms. The Hall–Kier alpha value is -2.62. The van der Waals surface area contributed by atoms with Gasteiger partial charge in [0.2, 0.25) is 5.82 Å². The summed E-state index contributed by atoms with van der Waals surface area (Å²) in [6.45, 7) is 5.17. The molecule has 0 saturated carbocycles. The lowest BCUT2D eigenvalue weighted by molar-refractivity contribution is 0.0342.